The van der Waals surface area contributed by atoms with E-state index in [0.717, 1.165) is 33.7 Å². The minimum Gasteiger partial charge on any atom is -0.298 e. The predicted molar refractivity (Wildman–Crippen MR) is 66.0 cm³/mol. The van der Waals surface area contributed by atoms with Gasteiger partial charge in [-0.25, -0.2) is 0 Å². The molecule has 0 aliphatic heterocycles. The van der Waals surface area contributed by atoms with Crippen molar-refractivity contribution in [2.45, 2.75) is 0 Å². The molecule has 0 spiro atoms. The molecule has 0 heterocycles. The highest BCUT2D eigenvalue weighted by atomic mass is 16.1. The van der Waals surface area contributed by atoms with E-state index in [9.17, 15) is 4.79 Å². The van der Waals surface area contributed by atoms with Crippen LogP contribution in [0.5, 0.6) is 0 Å². The third-order valence-corrected chi connectivity index (χ3v) is 2.95. The number of hydrogen-bond acceptors (Lipinski definition) is 1. The lowest BCUT2D eigenvalue weighted by Gasteiger charge is -1.92. The first-order valence-electron chi connectivity index (χ1n) is 5.26. The van der Waals surface area contributed by atoms with Gasteiger partial charge in [0.05, 0.1) is 0 Å². The highest BCUT2D eigenvalue weighted by Crippen LogP contribution is 2.36. The van der Waals surface area contributed by atoms with Crippen LogP contribution in [0.15, 0.2) is 54.6 Å². The fourth-order valence-electron chi connectivity index (χ4n) is 2.24. The third-order valence-electron chi connectivity index (χ3n) is 2.95. The Hall–Kier alpha value is -2.15. The minimum absolute atomic E-state index is 0.793. The molecule has 0 saturated heterocycles. The molecule has 3 rings (SSSR count). The van der Waals surface area contributed by atoms with Crippen LogP contribution in [0.2, 0.25) is 0 Å². The Balaban J connectivity index is 2.58. The molecule has 0 unspecified atom stereocenters. The fourth-order valence-corrected chi connectivity index (χ4v) is 2.24. The molecule has 1 heteroatoms. The van der Waals surface area contributed by atoms with Gasteiger partial charge in [-0.2, -0.15) is 0 Å². The molecule has 0 saturated carbocycles. The van der Waals surface area contributed by atoms with E-state index in [1.807, 2.05) is 42.5 Å². The Kier molecular flexibility index (Phi) is 1.97. The van der Waals surface area contributed by atoms with Crippen LogP contribution in [0.4, 0.5) is 0 Å². The highest BCUT2D eigenvalue weighted by Gasteiger charge is 2.14. The average Bonchev–Trinajstić information content (AvgIpc) is 2.49. The lowest BCUT2D eigenvalue weighted by molar-refractivity contribution is 0.112. The summed E-state index contributed by atoms with van der Waals surface area (Å²) in [5.74, 6) is 0. The molecule has 0 amide bonds. The first-order chi connectivity index (χ1) is 7.92. The van der Waals surface area contributed by atoms with Crippen molar-refractivity contribution in [3.63, 3.8) is 0 Å². The van der Waals surface area contributed by atoms with E-state index in [0.29, 0.717) is 0 Å². The Labute approximate surface area is 93.7 Å². The van der Waals surface area contributed by atoms with Crippen LogP contribution in [0.1, 0.15) is 10.4 Å². The van der Waals surface area contributed by atoms with E-state index < -0.39 is 0 Å². The third kappa shape index (κ3) is 1.15. The normalized spacial score (nSPS) is 10.8. The summed E-state index contributed by atoms with van der Waals surface area (Å²) < 4.78 is 0. The summed E-state index contributed by atoms with van der Waals surface area (Å²) in [5.41, 5.74) is 2.96. The Morgan fingerprint density at radius 1 is 0.688 bits per heavy atom. The number of aldehydes is 1. The molecule has 0 radical (unpaired) electrons. The SMILES string of the molecule is O=Cc1c2cccccc-2c2ccccc12. The Bertz CT molecular complexity index is 640. The van der Waals surface area contributed by atoms with Crippen molar-refractivity contribution in [2.75, 3.05) is 0 Å². The van der Waals surface area contributed by atoms with E-state index in [2.05, 4.69) is 12.1 Å². The molecule has 16 heavy (non-hydrogen) atoms. The monoisotopic (exact) mass is 206 g/mol. The molecular formula is C15H10O. The molecule has 1 aromatic carbocycles. The molecule has 2 aliphatic rings. The number of rotatable bonds is 1. The highest BCUT2D eigenvalue weighted by molar-refractivity contribution is 6.14. The topological polar surface area (TPSA) is 17.1 Å². The molecule has 0 atom stereocenters. The van der Waals surface area contributed by atoms with Gasteiger partial charge in [-0.15, -0.1) is 0 Å². The summed E-state index contributed by atoms with van der Waals surface area (Å²) >= 11 is 0. The minimum atomic E-state index is 0.793. The molecular weight excluding hydrogens is 196 g/mol. The van der Waals surface area contributed by atoms with Crippen LogP contribution < -0.4 is 0 Å². The second-order valence-electron chi connectivity index (χ2n) is 3.82. The lowest BCUT2D eigenvalue weighted by Crippen LogP contribution is -1.77. The van der Waals surface area contributed by atoms with Crippen molar-refractivity contribution in [2.24, 2.45) is 0 Å². The number of carbonyl (C=O) groups excluding carboxylic acids is 1. The largest absolute Gasteiger partial charge is 0.298 e. The predicted octanol–water partition coefficient (Wildman–Crippen LogP) is 3.76. The first-order valence-corrected chi connectivity index (χ1v) is 5.26. The van der Waals surface area contributed by atoms with Gasteiger partial charge < -0.3 is 0 Å². The Morgan fingerprint density at radius 3 is 2.06 bits per heavy atom. The lowest BCUT2D eigenvalue weighted by atomic mass is 10.1. The second-order valence-corrected chi connectivity index (χ2v) is 3.82. The van der Waals surface area contributed by atoms with Gasteiger partial charge in [-0.1, -0.05) is 54.6 Å². The number of fused-ring (bicyclic) bond motifs is 3. The van der Waals surface area contributed by atoms with E-state index in [1.165, 1.54) is 0 Å². The maximum absolute atomic E-state index is 11.2. The summed E-state index contributed by atoms with van der Waals surface area (Å²) in [6, 6.07) is 18.0. The van der Waals surface area contributed by atoms with Gasteiger partial charge >= 0.3 is 0 Å². The number of carbonyl (C=O) groups is 1. The fraction of sp³-hybridized carbons (Fsp3) is 0. The molecule has 0 N–H and O–H groups in total. The summed E-state index contributed by atoms with van der Waals surface area (Å²) in [6.45, 7) is 0. The van der Waals surface area contributed by atoms with Crippen molar-refractivity contribution < 1.29 is 4.79 Å². The van der Waals surface area contributed by atoms with Crippen molar-refractivity contribution in [1.29, 1.82) is 0 Å². The molecule has 0 fully saturated rings. The summed E-state index contributed by atoms with van der Waals surface area (Å²) in [5, 5.41) is 2.19. The van der Waals surface area contributed by atoms with Crippen LogP contribution in [-0.4, -0.2) is 6.29 Å². The average molecular weight is 206 g/mol. The van der Waals surface area contributed by atoms with Gasteiger partial charge in [0.15, 0.2) is 6.29 Å². The van der Waals surface area contributed by atoms with E-state index in [4.69, 9.17) is 0 Å². The molecule has 0 bridgehead atoms. The molecule has 76 valence electrons. The summed E-state index contributed by atoms with van der Waals surface area (Å²) in [7, 11) is 0. The van der Waals surface area contributed by atoms with Gasteiger partial charge in [0, 0.05) is 5.56 Å². The zero-order valence-corrected chi connectivity index (χ0v) is 8.68. The van der Waals surface area contributed by atoms with Crippen molar-refractivity contribution >= 4 is 17.1 Å². The number of hydrogen-bond donors (Lipinski definition) is 0. The number of benzene rings is 1. The van der Waals surface area contributed by atoms with Gasteiger partial charge in [0.1, 0.15) is 0 Å². The maximum Gasteiger partial charge on any atom is 0.151 e. The van der Waals surface area contributed by atoms with Crippen molar-refractivity contribution in [3.8, 4) is 11.1 Å². The van der Waals surface area contributed by atoms with E-state index in [-0.39, 0.29) is 0 Å². The van der Waals surface area contributed by atoms with E-state index >= 15 is 0 Å². The van der Waals surface area contributed by atoms with Gasteiger partial charge in [0.25, 0.3) is 0 Å². The first kappa shape index (κ1) is 9.10. The Morgan fingerprint density at radius 2 is 1.31 bits per heavy atom. The standard InChI is InChI=1S/C15H10O/c16-10-15-13-7-3-1-2-6-11(13)12-8-4-5-9-14(12)15/h1-10H. The molecule has 2 aliphatic carbocycles. The molecule has 1 aromatic rings. The zero-order chi connectivity index (χ0) is 11.0. The smallest absolute Gasteiger partial charge is 0.151 e. The molecule has 0 aromatic heterocycles. The van der Waals surface area contributed by atoms with Gasteiger partial charge in [-0.05, 0) is 21.9 Å². The van der Waals surface area contributed by atoms with Crippen LogP contribution in [-0.2, 0) is 0 Å². The van der Waals surface area contributed by atoms with Crippen molar-refractivity contribution in [1.82, 2.24) is 0 Å². The summed E-state index contributed by atoms with van der Waals surface area (Å²) in [6.07, 6.45) is 0.949. The van der Waals surface area contributed by atoms with Gasteiger partial charge in [0.2, 0.25) is 0 Å². The second kappa shape index (κ2) is 3.46. The van der Waals surface area contributed by atoms with Crippen LogP contribution >= 0.6 is 0 Å². The quantitative estimate of drug-likeness (QED) is 0.554. The van der Waals surface area contributed by atoms with Crippen molar-refractivity contribution in [3.05, 3.63) is 60.2 Å². The maximum atomic E-state index is 11.2. The van der Waals surface area contributed by atoms with E-state index in [1.54, 1.807) is 0 Å². The molecule has 1 nitrogen and oxygen atoms in total. The van der Waals surface area contributed by atoms with Crippen LogP contribution in [0.3, 0.4) is 0 Å². The zero-order valence-electron chi connectivity index (χ0n) is 8.68. The summed E-state index contributed by atoms with van der Waals surface area (Å²) in [4.78, 5) is 11.2. The van der Waals surface area contributed by atoms with Crippen LogP contribution in [0, 0.1) is 0 Å². The van der Waals surface area contributed by atoms with Gasteiger partial charge in [-0.3, -0.25) is 4.79 Å². The van der Waals surface area contributed by atoms with Crippen LogP contribution in [0.25, 0.3) is 21.9 Å².